The normalized spacial score (nSPS) is 16.2. The summed E-state index contributed by atoms with van der Waals surface area (Å²) in [5.41, 5.74) is 1.84. The van der Waals surface area contributed by atoms with Crippen molar-refractivity contribution in [1.82, 2.24) is 0 Å². The maximum absolute atomic E-state index is 12.3. The van der Waals surface area contributed by atoms with Crippen LogP contribution in [0.4, 0.5) is 14.5 Å². The molecule has 1 aliphatic rings. The highest BCUT2D eigenvalue weighted by molar-refractivity contribution is 9.10. The number of benzene rings is 2. The van der Waals surface area contributed by atoms with Crippen LogP contribution < -0.4 is 10.1 Å². The molecule has 136 valence electrons. The van der Waals surface area contributed by atoms with Crippen LogP contribution in [0.5, 0.6) is 5.75 Å². The number of carbonyl (C=O) groups is 1. The Labute approximate surface area is 161 Å². The molecule has 0 spiro atoms. The molecule has 0 aliphatic carbocycles. The number of ether oxygens (including phenoxy) is 1. The number of rotatable bonds is 5. The predicted molar refractivity (Wildman–Crippen MR) is 96.9 cm³/mol. The minimum Gasteiger partial charge on any atom is -0.433 e. The average Bonchev–Trinajstić information content (AvgIpc) is 3.07. The second-order valence-electron chi connectivity index (χ2n) is 5.36. The molecule has 3 rings (SSSR count). The summed E-state index contributed by atoms with van der Waals surface area (Å²) in [5.74, 6) is -0.589. The van der Waals surface area contributed by atoms with E-state index in [2.05, 4.69) is 31.1 Å². The summed E-state index contributed by atoms with van der Waals surface area (Å²) >= 11 is 9.25. The van der Waals surface area contributed by atoms with Crippen LogP contribution in [0, 0.1) is 0 Å². The second-order valence-corrected chi connectivity index (χ2v) is 6.68. The number of hydrogen-bond donors (Lipinski definition) is 1. The molecule has 1 N–H and O–H groups in total. The molecule has 0 saturated carbocycles. The standard InChI is InChI=1S/C17H12BrClF2N2O3/c18-10-3-1-2-9(6-10)13-8-15(26-23-13)16(24)22-11-4-5-14(12(19)7-11)25-17(20)21/h1-7,15,17H,8H2,(H,22,24). The summed E-state index contributed by atoms with van der Waals surface area (Å²) in [6, 6.07) is 11.5. The zero-order chi connectivity index (χ0) is 18.7. The summed E-state index contributed by atoms with van der Waals surface area (Å²) < 4.78 is 29.6. The molecule has 1 unspecified atom stereocenters. The van der Waals surface area contributed by atoms with Crippen molar-refractivity contribution < 1.29 is 23.1 Å². The van der Waals surface area contributed by atoms with Gasteiger partial charge in [-0.25, -0.2) is 0 Å². The molecule has 1 atom stereocenters. The highest BCUT2D eigenvalue weighted by atomic mass is 79.9. The van der Waals surface area contributed by atoms with Crippen LogP contribution in [-0.2, 0) is 9.63 Å². The number of nitrogens with one attached hydrogen (secondary N) is 1. The number of amides is 1. The van der Waals surface area contributed by atoms with Gasteiger partial charge in [0, 0.05) is 22.1 Å². The zero-order valence-corrected chi connectivity index (χ0v) is 15.4. The Kier molecular flexibility index (Phi) is 5.73. The molecule has 0 radical (unpaired) electrons. The lowest BCUT2D eigenvalue weighted by atomic mass is 10.0. The van der Waals surface area contributed by atoms with E-state index in [1.54, 1.807) is 0 Å². The highest BCUT2D eigenvalue weighted by Crippen LogP contribution is 2.29. The fourth-order valence-electron chi connectivity index (χ4n) is 2.35. The molecule has 5 nitrogen and oxygen atoms in total. The third-order valence-corrected chi connectivity index (χ3v) is 4.32. The average molecular weight is 446 g/mol. The molecule has 26 heavy (non-hydrogen) atoms. The van der Waals surface area contributed by atoms with Crippen molar-refractivity contribution in [2.24, 2.45) is 5.16 Å². The van der Waals surface area contributed by atoms with Crippen molar-refractivity contribution in [3.8, 4) is 5.75 Å². The summed E-state index contributed by atoms with van der Waals surface area (Å²) in [6.45, 7) is -2.98. The van der Waals surface area contributed by atoms with Gasteiger partial charge < -0.3 is 14.9 Å². The van der Waals surface area contributed by atoms with Gasteiger partial charge in [-0.3, -0.25) is 4.79 Å². The molecular formula is C17H12BrClF2N2O3. The number of carbonyl (C=O) groups excluding carboxylic acids is 1. The van der Waals surface area contributed by atoms with Gasteiger partial charge in [0.1, 0.15) is 5.75 Å². The van der Waals surface area contributed by atoms with Crippen LogP contribution in [0.25, 0.3) is 0 Å². The fraction of sp³-hybridized carbons (Fsp3) is 0.176. The molecule has 2 aromatic rings. The van der Waals surface area contributed by atoms with Gasteiger partial charge >= 0.3 is 6.61 Å². The van der Waals surface area contributed by atoms with Crippen LogP contribution in [0.2, 0.25) is 5.02 Å². The number of alkyl halides is 2. The van der Waals surface area contributed by atoms with Crippen LogP contribution in [-0.4, -0.2) is 24.3 Å². The Morgan fingerprint density at radius 1 is 1.35 bits per heavy atom. The first kappa shape index (κ1) is 18.6. The molecule has 2 aromatic carbocycles. The monoisotopic (exact) mass is 444 g/mol. The number of hydrogen-bond acceptors (Lipinski definition) is 4. The Morgan fingerprint density at radius 2 is 2.15 bits per heavy atom. The van der Waals surface area contributed by atoms with E-state index < -0.39 is 18.6 Å². The molecule has 0 fully saturated rings. The van der Waals surface area contributed by atoms with Crippen LogP contribution >= 0.6 is 27.5 Å². The Bertz CT molecular complexity index is 864. The maximum atomic E-state index is 12.3. The van der Waals surface area contributed by atoms with Gasteiger partial charge in [0.05, 0.1) is 10.7 Å². The first-order valence-electron chi connectivity index (χ1n) is 7.46. The van der Waals surface area contributed by atoms with Crippen LogP contribution in [0.1, 0.15) is 12.0 Å². The van der Waals surface area contributed by atoms with E-state index in [1.165, 1.54) is 18.2 Å². The molecular weight excluding hydrogens is 434 g/mol. The Hall–Kier alpha value is -2.19. The van der Waals surface area contributed by atoms with Crippen molar-refractivity contribution in [3.05, 3.63) is 57.5 Å². The minimum absolute atomic E-state index is 0.0403. The van der Waals surface area contributed by atoms with Crippen molar-refractivity contribution in [2.45, 2.75) is 19.1 Å². The van der Waals surface area contributed by atoms with E-state index in [9.17, 15) is 13.6 Å². The Balaban J connectivity index is 1.62. The summed E-state index contributed by atoms with van der Waals surface area (Å²) in [7, 11) is 0. The van der Waals surface area contributed by atoms with Gasteiger partial charge in [-0.15, -0.1) is 0 Å². The first-order valence-corrected chi connectivity index (χ1v) is 8.63. The van der Waals surface area contributed by atoms with Crippen LogP contribution in [0.3, 0.4) is 0 Å². The third kappa shape index (κ3) is 4.50. The first-order chi connectivity index (χ1) is 12.4. The van der Waals surface area contributed by atoms with E-state index in [1.807, 2.05) is 24.3 Å². The topological polar surface area (TPSA) is 59.9 Å². The molecule has 0 aromatic heterocycles. The highest BCUT2D eigenvalue weighted by Gasteiger charge is 2.29. The largest absolute Gasteiger partial charge is 0.433 e. The quantitative estimate of drug-likeness (QED) is 0.717. The van der Waals surface area contributed by atoms with Crippen molar-refractivity contribution in [3.63, 3.8) is 0 Å². The number of nitrogens with zero attached hydrogens (tertiary/aromatic N) is 1. The number of halogens is 4. The van der Waals surface area contributed by atoms with E-state index >= 15 is 0 Å². The number of anilines is 1. The predicted octanol–water partition coefficient (Wildman–Crippen LogP) is 4.84. The van der Waals surface area contributed by atoms with Gasteiger partial charge in [-0.2, -0.15) is 8.78 Å². The number of oxime groups is 1. The fourth-order valence-corrected chi connectivity index (χ4v) is 2.97. The van der Waals surface area contributed by atoms with E-state index in [-0.39, 0.29) is 10.8 Å². The minimum atomic E-state index is -2.98. The SMILES string of the molecule is O=C(Nc1ccc(OC(F)F)c(Cl)c1)C1CC(c2cccc(Br)c2)=NO1. The lowest BCUT2D eigenvalue weighted by Crippen LogP contribution is -2.28. The lowest BCUT2D eigenvalue weighted by molar-refractivity contribution is -0.125. The zero-order valence-electron chi connectivity index (χ0n) is 13.1. The third-order valence-electron chi connectivity index (χ3n) is 3.53. The van der Waals surface area contributed by atoms with Crippen LogP contribution in [0.15, 0.2) is 52.1 Å². The van der Waals surface area contributed by atoms with Gasteiger partial charge in [0.2, 0.25) is 6.10 Å². The summed E-state index contributed by atoms with van der Waals surface area (Å²) in [6.07, 6.45) is -0.484. The Morgan fingerprint density at radius 3 is 2.85 bits per heavy atom. The molecule has 1 heterocycles. The lowest BCUT2D eigenvalue weighted by Gasteiger charge is -2.11. The second kappa shape index (κ2) is 8.01. The molecule has 1 aliphatic heterocycles. The van der Waals surface area contributed by atoms with E-state index in [4.69, 9.17) is 16.4 Å². The van der Waals surface area contributed by atoms with E-state index in [0.29, 0.717) is 17.8 Å². The summed E-state index contributed by atoms with van der Waals surface area (Å²) in [4.78, 5) is 17.5. The maximum Gasteiger partial charge on any atom is 0.387 e. The van der Waals surface area contributed by atoms with Crippen molar-refractivity contribution >= 4 is 44.8 Å². The molecule has 0 bridgehead atoms. The molecule has 0 saturated heterocycles. The van der Waals surface area contributed by atoms with Gasteiger partial charge in [-0.05, 0) is 30.3 Å². The van der Waals surface area contributed by atoms with E-state index in [0.717, 1.165) is 10.0 Å². The van der Waals surface area contributed by atoms with Crippen molar-refractivity contribution in [1.29, 1.82) is 0 Å². The van der Waals surface area contributed by atoms with Gasteiger partial charge in [-0.1, -0.05) is 44.8 Å². The van der Waals surface area contributed by atoms with Gasteiger partial charge in [0.15, 0.2) is 0 Å². The smallest absolute Gasteiger partial charge is 0.387 e. The summed E-state index contributed by atoms with van der Waals surface area (Å²) in [5, 5.41) is 6.54. The molecule has 1 amide bonds. The molecule has 9 heteroatoms. The van der Waals surface area contributed by atoms with Gasteiger partial charge in [0.25, 0.3) is 5.91 Å². The van der Waals surface area contributed by atoms with Crippen molar-refractivity contribution in [2.75, 3.05) is 5.32 Å².